The maximum absolute atomic E-state index is 6.06. The van der Waals surface area contributed by atoms with Crippen molar-refractivity contribution >= 4 is 17.3 Å². The summed E-state index contributed by atoms with van der Waals surface area (Å²) in [5.74, 6) is 0. The van der Waals surface area contributed by atoms with Crippen LogP contribution in [0.4, 0.5) is 0 Å². The molecule has 0 spiro atoms. The molecule has 0 saturated heterocycles. The maximum atomic E-state index is 6.06. The number of rotatable bonds is 9. The predicted octanol–water partition coefficient (Wildman–Crippen LogP) is 7.73. The Bertz CT molecular complexity index is 648. The molecule has 0 N–H and O–H groups in total. The van der Waals surface area contributed by atoms with E-state index in [1.54, 1.807) is 6.08 Å². The Morgan fingerprint density at radius 2 is 1.64 bits per heavy atom. The highest BCUT2D eigenvalue weighted by Crippen LogP contribution is 2.26. The molecule has 0 unspecified atom stereocenters. The third-order valence-electron chi connectivity index (χ3n) is 3.95. The van der Waals surface area contributed by atoms with Crippen molar-refractivity contribution in [2.24, 2.45) is 4.99 Å². The number of allylic oxidation sites excluding steroid dienone is 9. The van der Waals surface area contributed by atoms with Crippen molar-refractivity contribution in [3.63, 3.8) is 0 Å². The average molecular weight is 360 g/mol. The van der Waals surface area contributed by atoms with Gasteiger partial charge in [-0.25, -0.2) is 0 Å². The van der Waals surface area contributed by atoms with Crippen LogP contribution in [-0.2, 0) is 0 Å². The van der Waals surface area contributed by atoms with Crippen molar-refractivity contribution in [2.75, 3.05) is 6.54 Å². The van der Waals surface area contributed by atoms with Gasteiger partial charge in [0.2, 0.25) is 0 Å². The second-order valence-corrected chi connectivity index (χ2v) is 7.19. The van der Waals surface area contributed by atoms with Crippen LogP contribution in [0.3, 0.4) is 0 Å². The Labute approximate surface area is 160 Å². The van der Waals surface area contributed by atoms with E-state index in [0.717, 1.165) is 29.7 Å². The molecule has 0 heterocycles. The lowest BCUT2D eigenvalue weighted by Gasteiger charge is -2.18. The van der Waals surface area contributed by atoms with Crippen molar-refractivity contribution in [1.29, 1.82) is 0 Å². The van der Waals surface area contributed by atoms with Gasteiger partial charge in [0.1, 0.15) is 0 Å². The number of aliphatic imine (C=N–C) groups is 1. The quantitative estimate of drug-likeness (QED) is 0.227. The fourth-order valence-electron chi connectivity index (χ4n) is 2.53. The van der Waals surface area contributed by atoms with E-state index in [9.17, 15) is 0 Å². The Morgan fingerprint density at radius 3 is 2.08 bits per heavy atom. The second kappa shape index (κ2) is 11.9. The molecule has 0 amide bonds. The largest absolute Gasteiger partial charge is 0.280 e. The monoisotopic (exact) mass is 359 g/mol. The van der Waals surface area contributed by atoms with Crippen LogP contribution in [0, 0.1) is 0 Å². The smallest absolute Gasteiger partial charge is 0.0681 e. The summed E-state index contributed by atoms with van der Waals surface area (Å²) in [5, 5.41) is 0.617. The third kappa shape index (κ3) is 8.36. The van der Waals surface area contributed by atoms with Crippen LogP contribution in [0.2, 0.25) is 0 Å². The van der Waals surface area contributed by atoms with Crippen LogP contribution in [-0.4, -0.2) is 12.3 Å². The highest BCUT2D eigenvalue weighted by molar-refractivity contribution is 6.31. The van der Waals surface area contributed by atoms with Crippen molar-refractivity contribution in [3.05, 3.63) is 69.9 Å². The minimum Gasteiger partial charge on any atom is -0.280 e. The zero-order valence-corrected chi connectivity index (χ0v) is 17.8. The minimum atomic E-state index is 0.617. The summed E-state index contributed by atoms with van der Waals surface area (Å²) in [4.78, 5) is 4.87. The summed E-state index contributed by atoms with van der Waals surface area (Å²) in [6.45, 7) is 23.3. The van der Waals surface area contributed by atoms with Crippen molar-refractivity contribution < 1.29 is 0 Å². The topological polar surface area (TPSA) is 12.4 Å². The molecule has 2 heteroatoms. The molecule has 0 aromatic heterocycles. The van der Waals surface area contributed by atoms with Gasteiger partial charge in [-0.15, -0.1) is 0 Å². The summed E-state index contributed by atoms with van der Waals surface area (Å²) >= 11 is 6.06. The molecule has 0 saturated carbocycles. The van der Waals surface area contributed by atoms with Crippen LogP contribution >= 0.6 is 11.6 Å². The molecule has 0 aliphatic rings. The molecule has 0 radical (unpaired) electrons. The highest BCUT2D eigenvalue weighted by atomic mass is 35.5. The van der Waals surface area contributed by atoms with Gasteiger partial charge in [-0.1, -0.05) is 67.0 Å². The van der Waals surface area contributed by atoms with Gasteiger partial charge in [0, 0.05) is 10.6 Å². The SMILES string of the molecule is C=C/C(Cl)=C\C=C(/C)C(=NCC(=C)C)C(=C(C)C)/C(C)=C(/C)CCC. The van der Waals surface area contributed by atoms with Gasteiger partial charge in [-0.3, -0.25) is 4.99 Å². The molecule has 25 heavy (non-hydrogen) atoms. The fourth-order valence-corrected chi connectivity index (χ4v) is 2.59. The average Bonchev–Trinajstić information content (AvgIpc) is 2.54. The van der Waals surface area contributed by atoms with Gasteiger partial charge in [0.25, 0.3) is 0 Å². The molecule has 0 aromatic carbocycles. The van der Waals surface area contributed by atoms with E-state index in [0.29, 0.717) is 11.6 Å². The fraction of sp³-hybridized carbons (Fsp3) is 0.435. The molecule has 0 aliphatic heterocycles. The lowest BCUT2D eigenvalue weighted by molar-refractivity contribution is 0.893. The molecule has 0 aliphatic carbocycles. The van der Waals surface area contributed by atoms with Crippen LogP contribution in [0.1, 0.15) is 61.3 Å². The first-order chi connectivity index (χ1) is 11.6. The maximum Gasteiger partial charge on any atom is 0.0681 e. The van der Waals surface area contributed by atoms with Crippen LogP contribution < -0.4 is 0 Å². The van der Waals surface area contributed by atoms with E-state index in [1.165, 1.54) is 22.3 Å². The second-order valence-electron chi connectivity index (χ2n) is 6.76. The van der Waals surface area contributed by atoms with Gasteiger partial charge in [-0.2, -0.15) is 0 Å². The highest BCUT2D eigenvalue weighted by Gasteiger charge is 2.14. The lowest BCUT2D eigenvalue weighted by atomic mass is 9.89. The minimum absolute atomic E-state index is 0.617. The standard InChI is InChI=1S/C23H34ClN/c1-10-12-18(7)20(9)22(17(5)6)23(25-15-16(3)4)19(8)13-14-21(24)11-2/h11,13-14H,2-3,10,12,15H2,1,4-9H3/b19-13+,20-18-,21-14+,25-23?. The van der Waals surface area contributed by atoms with E-state index in [-0.39, 0.29) is 0 Å². The molecule has 0 fully saturated rings. The first-order valence-corrected chi connectivity index (χ1v) is 9.23. The van der Waals surface area contributed by atoms with Gasteiger partial charge < -0.3 is 0 Å². The molecule has 0 bridgehead atoms. The first kappa shape index (κ1) is 23.4. The number of hydrogen-bond donors (Lipinski definition) is 0. The number of nitrogens with zero attached hydrogens (tertiary/aromatic N) is 1. The molecule has 0 aromatic rings. The van der Waals surface area contributed by atoms with Gasteiger partial charge in [-0.05, 0) is 65.2 Å². The molecule has 0 rings (SSSR count). The molecule has 1 nitrogen and oxygen atoms in total. The summed E-state index contributed by atoms with van der Waals surface area (Å²) < 4.78 is 0. The summed E-state index contributed by atoms with van der Waals surface area (Å²) in [6, 6.07) is 0. The number of halogens is 1. The zero-order valence-electron chi connectivity index (χ0n) is 17.1. The van der Waals surface area contributed by atoms with E-state index < -0.39 is 0 Å². The summed E-state index contributed by atoms with van der Waals surface area (Å²) in [6.07, 6.45) is 7.74. The van der Waals surface area contributed by atoms with Gasteiger partial charge in [0.05, 0.1) is 12.3 Å². The lowest BCUT2D eigenvalue weighted by Crippen LogP contribution is -2.10. The van der Waals surface area contributed by atoms with E-state index >= 15 is 0 Å². The Balaban J connectivity index is 6.32. The zero-order chi connectivity index (χ0) is 19.6. The number of hydrogen-bond acceptors (Lipinski definition) is 1. The summed E-state index contributed by atoms with van der Waals surface area (Å²) in [5.41, 5.74) is 8.36. The van der Waals surface area contributed by atoms with E-state index in [4.69, 9.17) is 16.6 Å². The Hall–Kier alpha value is -1.60. The third-order valence-corrected chi connectivity index (χ3v) is 4.23. The summed E-state index contributed by atoms with van der Waals surface area (Å²) in [7, 11) is 0. The van der Waals surface area contributed by atoms with Crippen molar-refractivity contribution in [3.8, 4) is 0 Å². The van der Waals surface area contributed by atoms with Gasteiger partial charge in [0.15, 0.2) is 0 Å². The van der Waals surface area contributed by atoms with Crippen molar-refractivity contribution in [1.82, 2.24) is 0 Å². The normalized spacial score (nSPS) is 14.2. The predicted molar refractivity (Wildman–Crippen MR) is 117 cm³/mol. The van der Waals surface area contributed by atoms with Crippen LogP contribution in [0.15, 0.2) is 74.8 Å². The molecular weight excluding hydrogens is 326 g/mol. The van der Waals surface area contributed by atoms with E-state index in [2.05, 4.69) is 54.7 Å². The van der Waals surface area contributed by atoms with E-state index in [1.807, 2.05) is 19.1 Å². The van der Waals surface area contributed by atoms with Crippen LogP contribution in [0.5, 0.6) is 0 Å². The van der Waals surface area contributed by atoms with Crippen LogP contribution in [0.25, 0.3) is 0 Å². The van der Waals surface area contributed by atoms with Crippen molar-refractivity contribution in [2.45, 2.75) is 61.3 Å². The molecule has 138 valence electrons. The van der Waals surface area contributed by atoms with Gasteiger partial charge >= 0.3 is 0 Å². The molecular formula is C23H34ClN. The first-order valence-electron chi connectivity index (χ1n) is 8.85. The Kier molecular flexibility index (Phi) is 11.1. The Morgan fingerprint density at radius 1 is 1.04 bits per heavy atom. The molecule has 0 atom stereocenters.